The van der Waals surface area contributed by atoms with Gasteiger partial charge in [-0.15, -0.1) is 0 Å². The highest BCUT2D eigenvalue weighted by Crippen LogP contribution is 2.68. The lowest BCUT2D eigenvalue weighted by Crippen LogP contribution is -2.50. The van der Waals surface area contributed by atoms with Crippen molar-refractivity contribution in [1.82, 2.24) is 4.90 Å². The molecule has 4 fully saturated rings. The molecule has 2 heterocycles. The third-order valence-corrected chi connectivity index (χ3v) is 12.2. The van der Waals surface area contributed by atoms with E-state index in [1.807, 2.05) is 18.1 Å². The van der Waals surface area contributed by atoms with Crippen LogP contribution in [-0.4, -0.2) is 35.5 Å². The van der Waals surface area contributed by atoms with Crippen molar-refractivity contribution in [1.29, 1.82) is 0 Å². The molecule has 1 aromatic heterocycles. The minimum absolute atomic E-state index is 0.490. The molecule has 1 saturated heterocycles. The third kappa shape index (κ3) is 3.56. The number of hydrogen-bond donors (Lipinski definition) is 0. The van der Waals surface area contributed by atoms with Gasteiger partial charge in [-0.2, -0.15) is 11.8 Å². The zero-order chi connectivity index (χ0) is 21.8. The molecule has 5 aliphatic rings. The van der Waals surface area contributed by atoms with Gasteiger partial charge < -0.3 is 9.32 Å². The van der Waals surface area contributed by atoms with Gasteiger partial charge in [0.25, 0.3) is 0 Å². The monoisotopic (exact) mass is 453 g/mol. The van der Waals surface area contributed by atoms with E-state index in [0.717, 1.165) is 28.9 Å². The van der Waals surface area contributed by atoms with Gasteiger partial charge in [0.1, 0.15) is 0 Å². The van der Waals surface area contributed by atoms with Crippen LogP contribution in [0.3, 0.4) is 0 Å². The van der Waals surface area contributed by atoms with E-state index in [0.29, 0.717) is 10.8 Å². The Bertz CT molecular complexity index is 826. The average Bonchev–Trinajstić information content (AvgIpc) is 3.54. The third-order valence-electron chi connectivity index (χ3n) is 11.0. The van der Waals surface area contributed by atoms with E-state index in [-0.39, 0.29) is 0 Å². The molecule has 1 aromatic rings. The van der Waals surface area contributed by atoms with Gasteiger partial charge in [0, 0.05) is 17.5 Å². The Balaban J connectivity index is 1.14. The van der Waals surface area contributed by atoms with E-state index in [9.17, 15) is 0 Å². The van der Waals surface area contributed by atoms with Crippen molar-refractivity contribution < 1.29 is 4.42 Å². The van der Waals surface area contributed by atoms with Crippen molar-refractivity contribution in [3.8, 4) is 0 Å². The molecule has 6 rings (SSSR count). The number of likely N-dealkylation sites (tertiary alicyclic amines) is 1. The summed E-state index contributed by atoms with van der Waals surface area (Å²) in [6, 6.07) is 2.25. The van der Waals surface area contributed by atoms with Gasteiger partial charge in [0.15, 0.2) is 0 Å². The summed E-state index contributed by atoms with van der Waals surface area (Å²) in [6.45, 7) is 9.31. The van der Waals surface area contributed by atoms with Crippen LogP contribution in [-0.2, 0) is 0 Å². The summed E-state index contributed by atoms with van der Waals surface area (Å²) in [5.41, 5.74) is 4.31. The quantitative estimate of drug-likeness (QED) is 0.429. The van der Waals surface area contributed by atoms with Crippen LogP contribution in [0.2, 0.25) is 0 Å². The second-order valence-electron chi connectivity index (χ2n) is 12.3. The normalized spacial score (nSPS) is 44.1. The van der Waals surface area contributed by atoms with Crippen LogP contribution in [0.15, 0.2) is 34.7 Å². The fourth-order valence-electron chi connectivity index (χ4n) is 9.19. The van der Waals surface area contributed by atoms with Gasteiger partial charge in [-0.1, -0.05) is 25.5 Å². The van der Waals surface area contributed by atoms with E-state index in [4.69, 9.17) is 4.42 Å². The van der Waals surface area contributed by atoms with Crippen LogP contribution in [0, 0.1) is 28.6 Å². The fourth-order valence-corrected chi connectivity index (χ4v) is 10.4. The van der Waals surface area contributed by atoms with E-state index in [2.05, 4.69) is 42.7 Å². The lowest BCUT2D eigenvalue weighted by atomic mass is 9.46. The highest BCUT2D eigenvalue weighted by atomic mass is 32.2. The molecule has 0 bridgehead atoms. The standard InChI is InChI=1S/C29H43NOS/c1-28-12-9-23(32-18-16-30-14-3-4-15-30)19-22(28)5-6-24-26-8-7-25(21-11-17-31-20-21)29(26,2)13-10-27(24)28/h11,17,19-20,23-27H,3-10,12-16,18H2,1-2H3/t23?,24-,25?,26-,27+,28-,29+/m0/s1. The number of hydrogen-bond acceptors (Lipinski definition) is 3. The molecular weight excluding hydrogens is 410 g/mol. The minimum Gasteiger partial charge on any atom is -0.472 e. The summed E-state index contributed by atoms with van der Waals surface area (Å²) in [5, 5.41) is 0.781. The second-order valence-corrected chi connectivity index (χ2v) is 13.6. The minimum atomic E-state index is 0.490. The molecule has 2 nitrogen and oxygen atoms in total. The molecule has 0 spiro atoms. The highest BCUT2D eigenvalue weighted by molar-refractivity contribution is 8.00. The number of fused-ring (bicyclic) bond motifs is 5. The first-order valence-corrected chi connectivity index (χ1v) is 14.7. The molecule has 4 aliphatic carbocycles. The highest BCUT2D eigenvalue weighted by Gasteiger charge is 2.59. The number of furan rings is 1. The first-order chi connectivity index (χ1) is 15.6. The van der Waals surface area contributed by atoms with Crippen LogP contribution < -0.4 is 0 Å². The summed E-state index contributed by atoms with van der Waals surface area (Å²) in [6.07, 6.45) is 20.9. The molecular formula is C29H43NOS. The Hall–Kier alpha value is -0.670. The predicted octanol–water partition coefficient (Wildman–Crippen LogP) is 7.52. The Kier molecular flexibility index (Phi) is 5.82. The van der Waals surface area contributed by atoms with E-state index in [1.165, 1.54) is 95.2 Å². The summed E-state index contributed by atoms with van der Waals surface area (Å²) >= 11 is 2.25. The van der Waals surface area contributed by atoms with Crippen molar-refractivity contribution in [3.05, 3.63) is 35.8 Å². The SMILES string of the molecule is C[C@]12CCC(SCCN3CCCC3)C=C1CC[C@@H]1[C@H]2CC[C@]2(C)C(c3ccoc3)CC[C@@H]12. The molecule has 0 N–H and O–H groups in total. The average molecular weight is 454 g/mol. The molecule has 0 aromatic carbocycles. The first kappa shape index (κ1) is 21.8. The smallest absolute Gasteiger partial charge is 0.0937 e. The Morgan fingerprint density at radius 1 is 1.03 bits per heavy atom. The largest absolute Gasteiger partial charge is 0.472 e. The zero-order valence-corrected chi connectivity index (χ0v) is 21.2. The van der Waals surface area contributed by atoms with Crippen molar-refractivity contribution in [2.45, 2.75) is 89.2 Å². The van der Waals surface area contributed by atoms with Crippen LogP contribution in [0.4, 0.5) is 0 Å². The van der Waals surface area contributed by atoms with E-state index >= 15 is 0 Å². The number of allylic oxidation sites excluding steroid dienone is 1. The van der Waals surface area contributed by atoms with Gasteiger partial charge in [-0.3, -0.25) is 0 Å². The van der Waals surface area contributed by atoms with Crippen LogP contribution >= 0.6 is 11.8 Å². The molecule has 0 amide bonds. The van der Waals surface area contributed by atoms with Gasteiger partial charge in [0.05, 0.1) is 12.5 Å². The van der Waals surface area contributed by atoms with Gasteiger partial charge in [0.2, 0.25) is 0 Å². The van der Waals surface area contributed by atoms with Gasteiger partial charge in [-0.05, 0) is 123 Å². The van der Waals surface area contributed by atoms with Gasteiger partial charge in [-0.25, -0.2) is 0 Å². The van der Waals surface area contributed by atoms with Crippen molar-refractivity contribution in [3.63, 3.8) is 0 Å². The maximum atomic E-state index is 5.50. The predicted molar refractivity (Wildman–Crippen MR) is 135 cm³/mol. The molecule has 0 radical (unpaired) electrons. The lowest BCUT2D eigenvalue weighted by Gasteiger charge is -2.58. The maximum Gasteiger partial charge on any atom is 0.0937 e. The zero-order valence-electron chi connectivity index (χ0n) is 20.4. The second kappa shape index (κ2) is 8.52. The molecule has 32 heavy (non-hydrogen) atoms. The number of thioether (sulfide) groups is 1. The molecule has 176 valence electrons. The molecule has 1 aliphatic heterocycles. The number of nitrogens with zero attached hydrogens (tertiary/aromatic N) is 1. The summed E-state index contributed by atoms with van der Waals surface area (Å²) < 4.78 is 5.50. The van der Waals surface area contributed by atoms with E-state index in [1.54, 1.807) is 0 Å². The van der Waals surface area contributed by atoms with Crippen LogP contribution in [0.25, 0.3) is 0 Å². The molecule has 2 unspecified atom stereocenters. The Morgan fingerprint density at radius 2 is 1.91 bits per heavy atom. The summed E-state index contributed by atoms with van der Waals surface area (Å²) in [4.78, 5) is 2.68. The maximum absolute atomic E-state index is 5.50. The van der Waals surface area contributed by atoms with Crippen molar-refractivity contribution in [2.75, 3.05) is 25.4 Å². The van der Waals surface area contributed by atoms with Crippen molar-refractivity contribution >= 4 is 11.8 Å². The fraction of sp³-hybridized carbons (Fsp3) is 0.793. The molecule has 3 saturated carbocycles. The van der Waals surface area contributed by atoms with Gasteiger partial charge >= 0.3 is 0 Å². The summed E-state index contributed by atoms with van der Waals surface area (Å²) in [5.74, 6) is 4.85. The number of rotatable bonds is 5. The Morgan fingerprint density at radius 3 is 2.72 bits per heavy atom. The lowest BCUT2D eigenvalue weighted by molar-refractivity contribution is -0.0413. The summed E-state index contributed by atoms with van der Waals surface area (Å²) in [7, 11) is 0. The molecule has 7 atom stereocenters. The Labute approximate surface area is 200 Å². The van der Waals surface area contributed by atoms with Crippen molar-refractivity contribution in [2.24, 2.45) is 28.6 Å². The molecule has 3 heteroatoms. The van der Waals surface area contributed by atoms with Crippen LogP contribution in [0.1, 0.15) is 89.5 Å². The topological polar surface area (TPSA) is 16.4 Å². The van der Waals surface area contributed by atoms with Crippen LogP contribution in [0.5, 0.6) is 0 Å². The van der Waals surface area contributed by atoms with E-state index < -0.39 is 0 Å². The first-order valence-electron chi connectivity index (χ1n) is 13.7.